The number of benzene rings is 2. The van der Waals surface area contributed by atoms with E-state index in [0.29, 0.717) is 23.6 Å². The third kappa shape index (κ3) is 6.80. The molecule has 2 atom stereocenters. The molecule has 1 heterocycles. The maximum absolute atomic E-state index is 12.3. The molecule has 0 spiro atoms. The van der Waals surface area contributed by atoms with Crippen molar-refractivity contribution in [3.63, 3.8) is 0 Å². The van der Waals surface area contributed by atoms with Crippen LogP contribution in [0.4, 0.5) is 5.69 Å². The number of nitrogens with one attached hydrogen (secondary N) is 1. The summed E-state index contributed by atoms with van der Waals surface area (Å²) in [7, 11) is 0. The third-order valence-corrected chi connectivity index (χ3v) is 4.89. The first-order chi connectivity index (χ1) is 14.9. The highest BCUT2D eigenvalue weighted by atomic mass is 16.5. The molecule has 1 aliphatic heterocycles. The Bertz CT molecular complexity index is 874. The van der Waals surface area contributed by atoms with Crippen molar-refractivity contribution in [1.82, 2.24) is 4.90 Å². The smallest absolute Gasteiger partial charge is 0.338 e. The molecule has 1 N–H and O–H groups in total. The zero-order valence-corrected chi connectivity index (χ0v) is 18.3. The molecule has 3 rings (SSSR count). The zero-order valence-electron chi connectivity index (χ0n) is 18.3. The van der Waals surface area contributed by atoms with Gasteiger partial charge in [-0.15, -0.1) is 0 Å². The van der Waals surface area contributed by atoms with Gasteiger partial charge in [0.2, 0.25) is 0 Å². The van der Waals surface area contributed by atoms with E-state index in [9.17, 15) is 9.59 Å². The quantitative estimate of drug-likeness (QED) is 0.651. The molecule has 0 saturated carbocycles. The van der Waals surface area contributed by atoms with Crippen molar-refractivity contribution in [2.24, 2.45) is 0 Å². The van der Waals surface area contributed by atoms with Crippen LogP contribution in [-0.2, 0) is 20.8 Å². The van der Waals surface area contributed by atoms with Crippen molar-refractivity contribution >= 4 is 17.6 Å². The van der Waals surface area contributed by atoms with E-state index in [1.54, 1.807) is 30.3 Å². The van der Waals surface area contributed by atoms with Gasteiger partial charge < -0.3 is 19.5 Å². The molecule has 1 aliphatic rings. The molecular formula is C24H30N2O5. The predicted octanol–water partition coefficient (Wildman–Crippen LogP) is 3.49. The molecule has 7 heteroatoms. The maximum atomic E-state index is 12.3. The standard InChI is InChI=1S/C24H30N2O5/c1-4-29-22-8-6-5-7-21(22)25-23(27)16-30-24(28)20-11-9-19(10-12-20)15-26-13-17(2)31-18(3)14-26/h5-12,17-18H,4,13-16H2,1-3H3,(H,25,27). The van der Waals surface area contributed by atoms with Gasteiger partial charge in [-0.2, -0.15) is 0 Å². The second kappa shape index (κ2) is 10.9. The summed E-state index contributed by atoms with van der Waals surface area (Å²) in [6, 6.07) is 14.4. The van der Waals surface area contributed by atoms with Gasteiger partial charge in [-0.05, 0) is 50.6 Å². The summed E-state index contributed by atoms with van der Waals surface area (Å²) in [6.45, 7) is 8.71. The first kappa shape index (κ1) is 22.8. The van der Waals surface area contributed by atoms with E-state index in [4.69, 9.17) is 14.2 Å². The van der Waals surface area contributed by atoms with Gasteiger partial charge in [0, 0.05) is 19.6 Å². The lowest BCUT2D eigenvalue weighted by molar-refractivity contribution is -0.119. The van der Waals surface area contributed by atoms with Crippen molar-refractivity contribution in [1.29, 1.82) is 0 Å². The average molecular weight is 427 g/mol. The van der Waals surface area contributed by atoms with Gasteiger partial charge in [-0.1, -0.05) is 24.3 Å². The summed E-state index contributed by atoms with van der Waals surface area (Å²) < 4.78 is 16.4. The van der Waals surface area contributed by atoms with Gasteiger partial charge in [0.25, 0.3) is 5.91 Å². The number of rotatable bonds is 8. The van der Waals surface area contributed by atoms with Crippen LogP contribution in [0.25, 0.3) is 0 Å². The molecule has 1 saturated heterocycles. The monoisotopic (exact) mass is 426 g/mol. The van der Waals surface area contributed by atoms with Crippen LogP contribution in [0.1, 0.15) is 36.7 Å². The Balaban J connectivity index is 1.49. The summed E-state index contributed by atoms with van der Waals surface area (Å²) in [5.74, 6) is -0.384. The molecule has 7 nitrogen and oxygen atoms in total. The van der Waals surface area contributed by atoms with Crippen LogP contribution < -0.4 is 10.1 Å². The fourth-order valence-electron chi connectivity index (χ4n) is 3.67. The number of anilines is 1. The van der Waals surface area contributed by atoms with Crippen molar-refractivity contribution < 1.29 is 23.8 Å². The third-order valence-electron chi connectivity index (χ3n) is 4.89. The number of amides is 1. The van der Waals surface area contributed by atoms with Crippen LogP contribution in [0.2, 0.25) is 0 Å². The normalized spacial score (nSPS) is 18.9. The van der Waals surface area contributed by atoms with Crippen molar-refractivity contribution in [3.8, 4) is 5.75 Å². The van der Waals surface area contributed by atoms with E-state index in [2.05, 4.69) is 24.1 Å². The van der Waals surface area contributed by atoms with Crippen LogP contribution >= 0.6 is 0 Å². The summed E-state index contributed by atoms with van der Waals surface area (Å²) in [4.78, 5) is 26.8. The molecular weight excluding hydrogens is 396 g/mol. The Morgan fingerprint density at radius 3 is 2.42 bits per heavy atom. The number of carbonyl (C=O) groups is 2. The Morgan fingerprint density at radius 2 is 1.74 bits per heavy atom. The van der Waals surface area contributed by atoms with E-state index in [-0.39, 0.29) is 18.8 Å². The van der Waals surface area contributed by atoms with E-state index < -0.39 is 11.9 Å². The fraction of sp³-hybridized carbons (Fsp3) is 0.417. The number of esters is 1. The first-order valence-electron chi connectivity index (χ1n) is 10.6. The van der Waals surface area contributed by atoms with Crippen LogP contribution in [0.15, 0.2) is 48.5 Å². The zero-order chi connectivity index (χ0) is 22.2. The lowest BCUT2D eigenvalue weighted by Crippen LogP contribution is -2.44. The molecule has 0 radical (unpaired) electrons. The SMILES string of the molecule is CCOc1ccccc1NC(=O)COC(=O)c1ccc(CN2CC(C)OC(C)C2)cc1. The molecule has 0 bridgehead atoms. The Hall–Kier alpha value is -2.90. The molecule has 2 aromatic rings. The minimum Gasteiger partial charge on any atom is -0.492 e. The fourth-order valence-corrected chi connectivity index (χ4v) is 3.67. The number of carbonyl (C=O) groups excluding carboxylic acids is 2. The van der Waals surface area contributed by atoms with Gasteiger partial charge in [0.1, 0.15) is 5.75 Å². The highest BCUT2D eigenvalue weighted by molar-refractivity contribution is 5.96. The Labute approximate surface area is 183 Å². The molecule has 0 aliphatic carbocycles. The molecule has 2 unspecified atom stereocenters. The van der Waals surface area contributed by atoms with Crippen LogP contribution in [-0.4, -0.2) is 55.3 Å². The van der Waals surface area contributed by atoms with E-state index >= 15 is 0 Å². The molecule has 0 aromatic heterocycles. The summed E-state index contributed by atoms with van der Waals surface area (Å²) in [5.41, 5.74) is 2.07. The van der Waals surface area contributed by atoms with Gasteiger partial charge in [0.05, 0.1) is 30.1 Å². The maximum Gasteiger partial charge on any atom is 0.338 e. The number of hydrogen-bond acceptors (Lipinski definition) is 6. The number of ether oxygens (including phenoxy) is 3. The second-order valence-corrected chi connectivity index (χ2v) is 7.70. The lowest BCUT2D eigenvalue weighted by atomic mass is 10.1. The number of morpholine rings is 1. The Morgan fingerprint density at radius 1 is 1.06 bits per heavy atom. The van der Waals surface area contributed by atoms with Crippen LogP contribution in [0, 0.1) is 0 Å². The summed E-state index contributed by atoms with van der Waals surface area (Å²) in [5, 5.41) is 2.71. The minimum absolute atomic E-state index is 0.213. The molecule has 31 heavy (non-hydrogen) atoms. The minimum atomic E-state index is -0.534. The van der Waals surface area contributed by atoms with E-state index in [1.807, 2.05) is 25.1 Å². The summed E-state index contributed by atoms with van der Waals surface area (Å²) >= 11 is 0. The predicted molar refractivity (Wildman–Crippen MR) is 118 cm³/mol. The molecule has 1 fully saturated rings. The van der Waals surface area contributed by atoms with Gasteiger partial charge >= 0.3 is 5.97 Å². The van der Waals surface area contributed by atoms with Gasteiger partial charge in [-0.3, -0.25) is 9.69 Å². The topological polar surface area (TPSA) is 77.1 Å². The van der Waals surface area contributed by atoms with E-state index in [0.717, 1.165) is 25.2 Å². The highest BCUT2D eigenvalue weighted by Gasteiger charge is 2.22. The summed E-state index contributed by atoms with van der Waals surface area (Å²) in [6.07, 6.45) is 0.425. The molecule has 2 aromatic carbocycles. The van der Waals surface area contributed by atoms with Gasteiger partial charge in [0.15, 0.2) is 6.61 Å². The van der Waals surface area contributed by atoms with Gasteiger partial charge in [-0.25, -0.2) is 4.79 Å². The number of hydrogen-bond donors (Lipinski definition) is 1. The Kier molecular flexibility index (Phi) is 8.03. The van der Waals surface area contributed by atoms with Crippen LogP contribution in [0.5, 0.6) is 5.75 Å². The van der Waals surface area contributed by atoms with Crippen molar-refractivity contribution in [2.45, 2.75) is 39.5 Å². The number of para-hydroxylation sites is 2. The highest BCUT2D eigenvalue weighted by Crippen LogP contribution is 2.23. The van der Waals surface area contributed by atoms with Crippen molar-refractivity contribution in [2.75, 3.05) is 31.6 Å². The van der Waals surface area contributed by atoms with Crippen LogP contribution in [0.3, 0.4) is 0 Å². The van der Waals surface area contributed by atoms with E-state index in [1.165, 1.54) is 0 Å². The first-order valence-corrected chi connectivity index (χ1v) is 10.6. The molecule has 166 valence electrons. The average Bonchev–Trinajstić information content (AvgIpc) is 2.73. The second-order valence-electron chi connectivity index (χ2n) is 7.70. The largest absolute Gasteiger partial charge is 0.492 e. The lowest BCUT2D eigenvalue weighted by Gasteiger charge is -2.35. The molecule has 1 amide bonds. The van der Waals surface area contributed by atoms with Crippen molar-refractivity contribution in [3.05, 3.63) is 59.7 Å². The number of nitrogens with zero attached hydrogens (tertiary/aromatic N) is 1.